The lowest BCUT2D eigenvalue weighted by Gasteiger charge is -2.10. The fourth-order valence-electron chi connectivity index (χ4n) is 2.00. The Labute approximate surface area is 105 Å². The average molecular weight is 235 g/mol. The lowest BCUT2D eigenvalue weighted by Crippen LogP contribution is -1.97. The molecule has 0 amide bonds. The number of hydrogen-bond acceptors (Lipinski definition) is 2. The fraction of sp³-hybridized carbons (Fsp3) is 0.600. The Balaban J connectivity index is 2.16. The molecule has 0 heterocycles. The van der Waals surface area contributed by atoms with Crippen LogP contribution < -0.4 is 5.73 Å². The van der Waals surface area contributed by atoms with E-state index in [-0.39, 0.29) is 6.10 Å². The summed E-state index contributed by atoms with van der Waals surface area (Å²) in [5.74, 6) is 0. The summed E-state index contributed by atoms with van der Waals surface area (Å²) in [6.07, 6.45) is 8.10. The highest BCUT2D eigenvalue weighted by Crippen LogP contribution is 2.21. The minimum absolute atomic E-state index is 0.332. The molecule has 1 atom stereocenters. The number of hydrogen-bond donors (Lipinski definition) is 2. The minimum atomic E-state index is -0.332. The molecule has 1 rings (SSSR count). The van der Waals surface area contributed by atoms with Gasteiger partial charge in [0, 0.05) is 5.69 Å². The van der Waals surface area contributed by atoms with E-state index in [1.807, 2.05) is 24.3 Å². The van der Waals surface area contributed by atoms with Crippen molar-refractivity contribution in [1.82, 2.24) is 0 Å². The van der Waals surface area contributed by atoms with Crippen LogP contribution in [0.25, 0.3) is 0 Å². The predicted molar refractivity (Wildman–Crippen MR) is 73.8 cm³/mol. The first-order valence-corrected chi connectivity index (χ1v) is 6.77. The number of rotatable bonds is 8. The lowest BCUT2D eigenvalue weighted by atomic mass is 10.0. The molecule has 0 spiro atoms. The second-order valence-corrected chi connectivity index (χ2v) is 4.74. The van der Waals surface area contributed by atoms with Crippen LogP contribution in [0.4, 0.5) is 5.69 Å². The van der Waals surface area contributed by atoms with Crippen LogP contribution in [0.1, 0.15) is 63.5 Å². The predicted octanol–water partition coefficient (Wildman–Crippen LogP) is 4.05. The van der Waals surface area contributed by atoms with Gasteiger partial charge < -0.3 is 10.8 Å². The zero-order valence-corrected chi connectivity index (χ0v) is 10.9. The van der Waals surface area contributed by atoms with E-state index in [1.54, 1.807) is 0 Å². The van der Waals surface area contributed by atoms with Crippen LogP contribution in [0, 0.1) is 0 Å². The third-order valence-electron chi connectivity index (χ3n) is 3.15. The van der Waals surface area contributed by atoms with Crippen LogP contribution in [-0.4, -0.2) is 5.11 Å². The zero-order valence-electron chi connectivity index (χ0n) is 10.9. The molecule has 96 valence electrons. The summed E-state index contributed by atoms with van der Waals surface area (Å²) >= 11 is 0. The van der Waals surface area contributed by atoms with E-state index in [0.717, 1.165) is 24.1 Å². The number of anilines is 1. The maximum atomic E-state index is 9.97. The van der Waals surface area contributed by atoms with Gasteiger partial charge >= 0.3 is 0 Å². The molecule has 0 aliphatic carbocycles. The van der Waals surface area contributed by atoms with Crippen molar-refractivity contribution in [1.29, 1.82) is 0 Å². The number of nitrogens with two attached hydrogens (primary N) is 1. The third kappa shape index (κ3) is 5.73. The fourth-order valence-corrected chi connectivity index (χ4v) is 2.00. The Morgan fingerprint density at radius 2 is 1.59 bits per heavy atom. The summed E-state index contributed by atoms with van der Waals surface area (Å²) in [5.41, 5.74) is 7.34. The molecule has 3 N–H and O–H groups in total. The Bertz CT molecular complexity index is 294. The van der Waals surface area contributed by atoms with Crippen LogP contribution in [0.3, 0.4) is 0 Å². The van der Waals surface area contributed by atoms with E-state index in [4.69, 9.17) is 5.73 Å². The van der Waals surface area contributed by atoms with Crippen molar-refractivity contribution in [2.24, 2.45) is 0 Å². The molecule has 0 aliphatic rings. The van der Waals surface area contributed by atoms with Gasteiger partial charge in [-0.15, -0.1) is 0 Å². The van der Waals surface area contributed by atoms with E-state index in [2.05, 4.69) is 6.92 Å². The summed E-state index contributed by atoms with van der Waals surface area (Å²) in [4.78, 5) is 0. The number of nitrogen functional groups attached to an aromatic ring is 1. The largest absolute Gasteiger partial charge is 0.399 e. The molecule has 1 aromatic carbocycles. The van der Waals surface area contributed by atoms with Gasteiger partial charge in [0.2, 0.25) is 0 Å². The summed E-state index contributed by atoms with van der Waals surface area (Å²) in [6.45, 7) is 2.23. The average Bonchev–Trinajstić information content (AvgIpc) is 2.34. The molecule has 2 heteroatoms. The first-order valence-electron chi connectivity index (χ1n) is 6.77. The van der Waals surface area contributed by atoms with Gasteiger partial charge in [0.25, 0.3) is 0 Å². The van der Waals surface area contributed by atoms with Gasteiger partial charge in [0.15, 0.2) is 0 Å². The van der Waals surface area contributed by atoms with Crippen LogP contribution in [-0.2, 0) is 0 Å². The lowest BCUT2D eigenvalue weighted by molar-refractivity contribution is 0.163. The van der Waals surface area contributed by atoms with Crippen LogP contribution in [0.2, 0.25) is 0 Å². The quantitative estimate of drug-likeness (QED) is 0.527. The Hall–Kier alpha value is -1.02. The van der Waals surface area contributed by atoms with Crippen molar-refractivity contribution in [3.05, 3.63) is 29.8 Å². The highest BCUT2D eigenvalue weighted by Gasteiger charge is 2.06. The molecule has 1 aromatic rings. The normalized spacial score (nSPS) is 12.6. The molecule has 2 nitrogen and oxygen atoms in total. The van der Waals surface area contributed by atoms with Crippen LogP contribution in [0.5, 0.6) is 0 Å². The summed E-state index contributed by atoms with van der Waals surface area (Å²) in [5, 5.41) is 9.97. The first-order chi connectivity index (χ1) is 8.24. The smallest absolute Gasteiger partial charge is 0.0790 e. The Kier molecular flexibility index (Phi) is 6.71. The molecule has 0 saturated carbocycles. The van der Waals surface area contributed by atoms with E-state index in [0.29, 0.717) is 0 Å². The highest BCUT2D eigenvalue weighted by atomic mass is 16.3. The van der Waals surface area contributed by atoms with Crippen molar-refractivity contribution in [2.75, 3.05) is 5.73 Å². The van der Waals surface area contributed by atoms with Gasteiger partial charge in [0.05, 0.1) is 6.10 Å². The molecule has 1 unspecified atom stereocenters. The van der Waals surface area contributed by atoms with Crippen LogP contribution in [0.15, 0.2) is 24.3 Å². The molecule has 0 bridgehead atoms. The second kappa shape index (κ2) is 8.13. The molecule has 0 radical (unpaired) electrons. The Morgan fingerprint density at radius 1 is 1.00 bits per heavy atom. The van der Waals surface area contributed by atoms with E-state index < -0.39 is 0 Å². The SMILES string of the molecule is CCCCCCCCC(O)c1ccc(N)cc1. The van der Waals surface area contributed by atoms with Gasteiger partial charge in [0.1, 0.15) is 0 Å². The number of aliphatic hydroxyl groups is 1. The molecule has 17 heavy (non-hydrogen) atoms. The van der Waals surface area contributed by atoms with E-state index >= 15 is 0 Å². The van der Waals surface area contributed by atoms with Gasteiger partial charge in [-0.05, 0) is 24.1 Å². The molecule has 0 aliphatic heterocycles. The molecular weight excluding hydrogens is 210 g/mol. The maximum Gasteiger partial charge on any atom is 0.0790 e. The standard InChI is InChI=1S/C15H25NO/c1-2-3-4-5-6-7-8-15(17)13-9-11-14(16)12-10-13/h9-12,15,17H,2-8,16H2,1H3. The van der Waals surface area contributed by atoms with Crippen LogP contribution >= 0.6 is 0 Å². The van der Waals surface area contributed by atoms with E-state index in [9.17, 15) is 5.11 Å². The van der Waals surface area contributed by atoms with Crippen molar-refractivity contribution >= 4 is 5.69 Å². The summed E-state index contributed by atoms with van der Waals surface area (Å²) in [6, 6.07) is 7.52. The number of aliphatic hydroxyl groups excluding tert-OH is 1. The van der Waals surface area contributed by atoms with Gasteiger partial charge in [-0.25, -0.2) is 0 Å². The molecule has 0 aromatic heterocycles. The zero-order chi connectivity index (χ0) is 12.5. The first kappa shape index (κ1) is 14.0. The van der Waals surface area contributed by atoms with Gasteiger partial charge in [-0.1, -0.05) is 57.6 Å². The maximum absolute atomic E-state index is 9.97. The number of unbranched alkanes of at least 4 members (excludes halogenated alkanes) is 5. The summed E-state index contributed by atoms with van der Waals surface area (Å²) in [7, 11) is 0. The molecule has 0 fully saturated rings. The minimum Gasteiger partial charge on any atom is -0.399 e. The molecular formula is C15H25NO. The summed E-state index contributed by atoms with van der Waals surface area (Å²) < 4.78 is 0. The van der Waals surface area contributed by atoms with Crippen molar-refractivity contribution < 1.29 is 5.11 Å². The Morgan fingerprint density at radius 3 is 2.24 bits per heavy atom. The van der Waals surface area contributed by atoms with Crippen molar-refractivity contribution in [3.8, 4) is 0 Å². The molecule has 0 saturated heterocycles. The van der Waals surface area contributed by atoms with Gasteiger partial charge in [-0.2, -0.15) is 0 Å². The van der Waals surface area contributed by atoms with Crippen molar-refractivity contribution in [3.63, 3.8) is 0 Å². The van der Waals surface area contributed by atoms with Gasteiger partial charge in [-0.3, -0.25) is 0 Å². The number of benzene rings is 1. The van der Waals surface area contributed by atoms with Crippen molar-refractivity contribution in [2.45, 2.75) is 58.0 Å². The monoisotopic (exact) mass is 235 g/mol. The van der Waals surface area contributed by atoms with E-state index in [1.165, 1.54) is 32.1 Å². The second-order valence-electron chi connectivity index (χ2n) is 4.74. The topological polar surface area (TPSA) is 46.2 Å². The highest BCUT2D eigenvalue weighted by molar-refractivity contribution is 5.39. The third-order valence-corrected chi connectivity index (χ3v) is 3.15.